The Labute approximate surface area is 123 Å². The van der Waals surface area contributed by atoms with Crippen LogP contribution in [0.5, 0.6) is 0 Å². The molecule has 4 rings (SSSR count). The average Bonchev–Trinajstić information content (AvgIpc) is 2.91. The number of unbranched alkanes of at least 4 members (excludes halogenated alkanes) is 1. The smallest absolute Gasteiger partial charge is 0.0928 e. The minimum atomic E-state index is 1.03. The largest absolute Gasteiger partial charge is 0.349 e. The zero-order valence-corrected chi connectivity index (χ0v) is 12.1. The standard InChI is InChI=1S/C18H17N3/c1-2-3-7-14-13-9-10-16-17(18(13)20-11-19-14)12-6-4-5-8-15(12)21-16/h4-6,8-11H,2-3,7H2,1H3,(H,19,20). The summed E-state index contributed by atoms with van der Waals surface area (Å²) in [6.07, 6.45) is 5.26. The lowest BCUT2D eigenvalue weighted by Gasteiger charge is -2.06. The molecule has 2 aromatic heterocycles. The third-order valence-electron chi connectivity index (χ3n) is 4.11. The van der Waals surface area contributed by atoms with Crippen LogP contribution in [0, 0.1) is 0 Å². The van der Waals surface area contributed by atoms with Gasteiger partial charge in [-0.3, -0.25) is 0 Å². The third kappa shape index (κ3) is 1.88. The zero-order valence-electron chi connectivity index (χ0n) is 12.1. The summed E-state index contributed by atoms with van der Waals surface area (Å²) in [6, 6.07) is 12.6. The number of nitrogens with zero attached hydrogens (tertiary/aromatic N) is 2. The predicted molar refractivity (Wildman–Crippen MR) is 87.5 cm³/mol. The fourth-order valence-corrected chi connectivity index (χ4v) is 3.04. The molecule has 1 N–H and O–H groups in total. The molecule has 0 fully saturated rings. The molecule has 2 aromatic carbocycles. The van der Waals surface area contributed by atoms with Gasteiger partial charge in [0.15, 0.2) is 0 Å². The van der Waals surface area contributed by atoms with Crippen LogP contribution in [-0.2, 0) is 6.42 Å². The fraction of sp³-hybridized carbons (Fsp3) is 0.222. The van der Waals surface area contributed by atoms with Crippen LogP contribution in [0.3, 0.4) is 0 Å². The quantitative estimate of drug-likeness (QED) is 0.593. The number of aromatic nitrogens is 3. The second-order valence-electron chi connectivity index (χ2n) is 5.47. The Morgan fingerprint density at radius 1 is 1.00 bits per heavy atom. The van der Waals surface area contributed by atoms with Crippen molar-refractivity contribution in [1.29, 1.82) is 0 Å². The van der Waals surface area contributed by atoms with Crippen molar-refractivity contribution in [2.75, 3.05) is 0 Å². The number of rotatable bonds is 3. The first kappa shape index (κ1) is 12.3. The molecule has 0 saturated heterocycles. The fourth-order valence-electron chi connectivity index (χ4n) is 3.04. The van der Waals surface area contributed by atoms with E-state index in [1.807, 2.05) is 12.4 Å². The van der Waals surface area contributed by atoms with E-state index in [1.165, 1.54) is 34.7 Å². The molecule has 0 aliphatic carbocycles. The highest BCUT2D eigenvalue weighted by Crippen LogP contribution is 2.31. The molecule has 0 aliphatic heterocycles. The molecule has 4 aromatic rings. The number of benzene rings is 2. The van der Waals surface area contributed by atoms with E-state index in [0.29, 0.717) is 0 Å². The van der Waals surface area contributed by atoms with Crippen molar-refractivity contribution in [3.05, 3.63) is 48.4 Å². The molecule has 21 heavy (non-hydrogen) atoms. The number of para-hydroxylation sites is 1. The van der Waals surface area contributed by atoms with E-state index in [9.17, 15) is 0 Å². The normalized spacial score (nSPS) is 11.7. The minimum Gasteiger partial charge on any atom is -0.349 e. The average molecular weight is 275 g/mol. The van der Waals surface area contributed by atoms with Gasteiger partial charge >= 0.3 is 0 Å². The highest BCUT2D eigenvalue weighted by atomic mass is 14.8. The van der Waals surface area contributed by atoms with Gasteiger partial charge in [-0.1, -0.05) is 31.5 Å². The topological polar surface area (TPSA) is 41.6 Å². The predicted octanol–water partition coefficient (Wildman–Crippen LogP) is 4.61. The molecule has 0 radical (unpaired) electrons. The van der Waals surface area contributed by atoms with Gasteiger partial charge in [0.05, 0.1) is 22.9 Å². The van der Waals surface area contributed by atoms with Gasteiger partial charge in [-0.05, 0) is 31.0 Å². The van der Waals surface area contributed by atoms with Crippen molar-refractivity contribution >= 4 is 32.7 Å². The van der Waals surface area contributed by atoms with Gasteiger partial charge in [0.1, 0.15) is 0 Å². The number of hydrogen-bond acceptors (Lipinski definition) is 2. The number of aromatic amines is 1. The molecule has 0 aliphatic rings. The monoisotopic (exact) mass is 275 g/mol. The van der Waals surface area contributed by atoms with Gasteiger partial charge in [0.25, 0.3) is 0 Å². The lowest BCUT2D eigenvalue weighted by molar-refractivity contribution is 0.780. The van der Waals surface area contributed by atoms with Gasteiger partial charge in [0, 0.05) is 21.9 Å². The summed E-state index contributed by atoms with van der Waals surface area (Å²) in [6.45, 7) is 2.22. The molecule has 0 saturated carbocycles. The van der Waals surface area contributed by atoms with Crippen LogP contribution < -0.4 is 0 Å². The third-order valence-corrected chi connectivity index (χ3v) is 4.11. The first-order valence-corrected chi connectivity index (χ1v) is 7.52. The van der Waals surface area contributed by atoms with Crippen LogP contribution in [-0.4, -0.2) is 15.0 Å². The first-order valence-electron chi connectivity index (χ1n) is 7.52. The summed E-state index contributed by atoms with van der Waals surface area (Å²) >= 11 is 0. The first-order chi connectivity index (χ1) is 10.4. The molecule has 104 valence electrons. The molecule has 0 atom stereocenters. The highest BCUT2D eigenvalue weighted by Gasteiger charge is 2.11. The lowest BCUT2D eigenvalue weighted by atomic mass is 10.0. The maximum Gasteiger partial charge on any atom is 0.0928 e. The molecule has 0 spiro atoms. The maximum atomic E-state index is 4.71. The zero-order chi connectivity index (χ0) is 14.2. The molecule has 3 heteroatoms. The van der Waals surface area contributed by atoms with E-state index in [2.05, 4.69) is 47.2 Å². The molecule has 3 nitrogen and oxygen atoms in total. The van der Waals surface area contributed by atoms with Gasteiger partial charge in [-0.25, -0.2) is 9.97 Å². The van der Waals surface area contributed by atoms with Crippen LogP contribution in [0.4, 0.5) is 0 Å². The second kappa shape index (κ2) is 4.85. The number of fused-ring (bicyclic) bond motifs is 5. The SMILES string of the molecule is CCCCc1[nH]cnc2c1ccc1nc3ccccc3c12. The summed E-state index contributed by atoms with van der Waals surface area (Å²) in [5, 5.41) is 3.59. The maximum absolute atomic E-state index is 4.71. The van der Waals surface area contributed by atoms with E-state index >= 15 is 0 Å². The lowest BCUT2D eigenvalue weighted by Crippen LogP contribution is -1.94. The second-order valence-corrected chi connectivity index (χ2v) is 5.47. The Morgan fingerprint density at radius 3 is 2.81 bits per heavy atom. The van der Waals surface area contributed by atoms with Crippen LogP contribution in [0.15, 0.2) is 42.7 Å². The van der Waals surface area contributed by atoms with E-state index < -0.39 is 0 Å². The molecule has 0 unspecified atom stereocenters. The Morgan fingerprint density at radius 2 is 1.90 bits per heavy atom. The van der Waals surface area contributed by atoms with Gasteiger partial charge in [0.2, 0.25) is 0 Å². The summed E-state index contributed by atoms with van der Waals surface area (Å²) in [5.74, 6) is 0. The Balaban J connectivity index is 2.09. The summed E-state index contributed by atoms with van der Waals surface area (Å²) in [7, 11) is 0. The minimum absolute atomic E-state index is 1.03. The van der Waals surface area contributed by atoms with Gasteiger partial charge in [-0.15, -0.1) is 0 Å². The van der Waals surface area contributed by atoms with Gasteiger partial charge in [-0.2, -0.15) is 0 Å². The number of H-pyrrole nitrogens is 1. The van der Waals surface area contributed by atoms with Crippen molar-refractivity contribution in [1.82, 2.24) is 15.0 Å². The summed E-state index contributed by atoms with van der Waals surface area (Å²) in [5.41, 5.74) is 4.41. The molecular formula is C18H17N3. The van der Waals surface area contributed by atoms with E-state index in [-0.39, 0.29) is 0 Å². The molecule has 2 heterocycles. The van der Waals surface area contributed by atoms with Crippen LogP contribution in [0.2, 0.25) is 0 Å². The van der Waals surface area contributed by atoms with E-state index in [0.717, 1.165) is 23.0 Å². The number of nitrogens with one attached hydrogen (secondary N) is 1. The molecule has 0 amide bonds. The van der Waals surface area contributed by atoms with Crippen molar-refractivity contribution in [3.63, 3.8) is 0 Å². The van der Waals surface area contributed by atoms with Gasteiger partial charge < -0.3 is 4.98 Å². The van der Waals surface area contributed by atoms with Crippen molar-refractivity contribution in [3.8, 4) is 0 Å². The Bertz CT molecular complexity index is 937. The van der Waals surface area contributed by atoms with Crippen molar-refractivity contribution in [2.45, 2.75) is 26.2 Å². The Kier molecular flexibility index (Phi) is 2.85. The van der Waals surface area contributed by atoms with Crippen LogP contribution >= 0.6 is 0 Å². The van der Waals surface area contributed by atoms with Crippen molar-refractivity contribution < 1.29 is 0 Å². The van der Waals surface area contributed by atoms with Crippen LogP contribution in [0.1, 0.15) is 25.5 Å². The van der Waals surface area contributed by atoms with E-state index in [1.54, 1.807) is 0 Å². The van der Waals surface area contributed by atoms with E-state index in [4.69, 9.17) is 4.98 Å². The summed E-state index contributed by atoms with van der Waals surface area (Å²) < 4.78 is 0. The summed E-state index contributed by atoms with van der Waals surface area (Å²) in [4.78, 5) is 12.6. The molecular weight excluding hydrogens is 258 g/mol. The number of aryl methyl sites for hydroxylation is 1. The number of hydrogen-bond donors (Lipinski definition) is 1. The van der Waals surface area contributed by atoms with Crippen LogP contribution in [0.25, 0.3) is 32.7 Å². The highest BCUT2D eigenvalue weighted by molar-refractivity contribution is 6.18. The molecule has 0 bridgehead atoms. The Hall–Kier alpha value is -2.42. The van der Waals surface area contributed by atoms with Crippen molar-refractivity contribution in [2.24, 2.45) is 0 Å².